The number of nitrogens with one attached hydrogen (secondary N) is 1. The molecule has 5 nitrogen and oxygen atoms in total. The van der Waals surface area contributed by atoms with Crippen molar-refractivity contribution < 1.29 is 14.5 Å². The molecular formula is C33H29ClN3O2+. The Morgan fingerprint density at radius 2 is 1.21 bits per heavy atom. The van der Waals surface area contributed by atoms with E-state index in [0.717, 1.165) is 26.2 Å². The average molecular weight is 535 g/mol. The molecule has 0 aliphatic carbocycles. The Hall–Kier alpha value is -4.19. The number of imide groups is 1. The van der Waals surface area contributed by atoms with E-state index in [4.69, 9.17) is 11.6 Å². The summed E-state index contributed by atoms with van der Waals surface area (Å²) in [6.45, 7) is 3.43. The van der Waals surface area contributed by atoms with Crippen molar-refractivity contribution in [2.75, 3.05) is 31.1 Å². The van der Waals surface area contributed by atoms with E-state index in [-0.39, 0.29) is 17.9 Å². The van der Waals surface area contributed by atoms with Crippen molar-refractivity contribution in [2.45, 2.75) is 6.04 Å². The molecule has 0 aromatic heterocycles. The highest BCUT2D eigenvalue weighted by molar-refractivity contribution is 6.43. The van der Waals surface area contributed by atoms with E-state index in [0.29, 0.717) is 27.4 Å². The SMILES string of the molecule is O=C1C(=CN2CC[NH+](C(c3ccccc3)c3ccccc3)CC2)c2ccccc2C(=O)N1c1ccccc1Cl. The van der Waals surface area contributed by atoms with E-state index >= 15 is 0 Å². The lowest BCUT2D eigenvalue weighted by Gasteiger charge is -2.37. The van der Waals surface area contributed by atoms with Crippen LogP contribution in [-0.4, -0.2) is 42.9 Å². The summed E-state index contributed by atoms with van der Waals surface area (Å²) >= 11 is 6.42. The van der Waals surface area contributed by atoms with Gasteiger partial charge >= 0.3 is 0 Å². The van der Waals surface area contributed by atoms with Crippen molar-refractivity contribution in [2.24, 2.45) is 0 Å². The Labute approximate surface area is 233 Å². The second kappa shape index (κ2) is 10.9. The Balaban J connectivity index is 1.29. The van der Waals surface area contributed by atoms with E-state index < -0.39 is 0 Å². The summed E-state index contributed by atoms with van der Waals surface area (Å²) in [5, 5.41) is 0.364. The molecule has 0 bridgehead atoms. The summed E-state index contributed by atoms with van der Waals surface area (Å²) in [5.41, 5.74) is 4.68. The molecule has 39 heavy (non-hydrogen) atoms. The molecule has 194 valence electrons. The minimum atomic E-state index is -0.358. The van der Waals surface area contributed by atoms with Gasteiger partial charge in [-0.15, -0.1) is 0 Å². The van der Waals surface area contributed by atoms with E-state index in [9.17, 15) is 9.59 Å². The van der Waals surface area contributed by atoms with Crippen LogP contribution in [0.25, 0.3) is 5.57 Å². The molecule has 1 N–H and O–H groups in total. The number of quaternary nitrogens is 1. The van der Waals surface area contributed by atoms with Gasteiger partial charge in [-0.2, -0.15) is 0 Å². The number of hydrogen-bond donors (Lipinski definition) is 1. The van der Waals surface area contributed by atoms with Gasteiger partial charge in [-0.25, -0.2) is 4.90 Å². The van der Waals surface area contributed by atoms with Crippen molar-refractivity contribution in [3.63, 3.8) is 0 Å². The van der Waals surface area contributed by atoms with Crippen LogP contribution in [-0.2, 0) is 4.79 Å². The van der Waals surface area contributed by atoms with Crippen LogP contribution >= 0.6 is 11.6 Å². The minimum absolute atomic E-state index is 0.243. The first-order chi connectivity index (χ1) is 19.1. The molecule has 0 radical (unpaired) electrons. The van der Waals surface area contributed by atoms with Gasteiger partial charge in [0, 0.05) is 28.5 Å². The molecule has 2 heterocycles. The molecule has 2 amide bonds. The van der Waals surface area contributed by atoms with Crippen LogP contribution < -0.4 is 9.80 Å². The number of halogens is 1. The molecule has 2 aliphatic heterocycles. The highest BCUT2D eigenvalue weighted by Gasteiger charge is 2.37. The van der Waals surface area contributed by atoms with Crippen LogP contribution in [0.3, 0.4) is 0 Å². The molecule has 6 rings (SSSR count). The second-order valence-electron chi connectivity index (χ2n) is 9.93. The third-order valence-electron chi connectivity index (χ3n) is 7.60. The Morgan fingerprint density at radius 1 is 0.667 bits per heavy atom. The first kappa shape index (κ1) is 25.1. The summed E-state index contributed by atoms with van der Waals surface area (Å²) in [7, 11) is 0. The number of fused-ring (bicyclic) bond motifs is 1. The van der Waals surface area contributed by atoms with E-state index in [1.807, 2.05) is 24.4 Å². The third kappa shape index (κ3) is 4.87. The number of para-hydroxylation sites is 1. The van der Waals surface area contributed by atoms with Gasteiger partial charge in [0.1, 0.15) is 6.04 Å². The van der Waals surface area contributed by atoms with Crippen LogP contribution in [0.5, 0.6) is 0 Å². The molecule has 0 spiro atoms. The van der Waals surface area contributed by atoms with Gasteiger partial charge in [-0.3, -0.25) is 9.59 Å². The lowest BCUT2D eigenvalue weighted by atomic mass is 9.93. The number of anilines is 1. The summed E-state index contributed by atoms with van der Waals surface area (Å²) < 4.78 is 0. The van der Waals surface area contributed by atoms with Crippen molar-refractivity contribution in [1.82, 2.24) is 4.90 Å². The highest BCUT2D eigenvalue weighted by Crippen LogP contribution is 2.35. The maximum Gasteiger partial charge on any atom is 0.267 e. The number of benzene rings is 4. The fraction of sp³-hybridized carbons (Fsp3) is 0.152. The largest absolute Gasteiger partial charge is 0.365 e. The van der Waals surface area contributed by atoms with Crippen LogP contribution in [0.15, 0.2) is 115 Å². The predicted octanol–water partition coefficient (Wildman–Crippen LogP) is 4.86. The van der Waals surface area contributed by atoms with Crippen LogP contribution in [0.2, 0.25) is 5.02 Å². The molecule has 0 atom stereocenters. The van der Waals surface area contributed by atoms with E-state index in [1.54, 1.807) is 30.3 Å². The van der Waals surface area contributed by atoms with Crippen molar-refractivity contribution in [3.8, 4) is 0 Å². The quantitative estimate of drug-likeness (QED) is 0.294. The van der Waals surface area contributed by atoms with Gasteiger partial charge in [0.25, 0.3) is 11.8 Å². The maximum atomic E-state index is 13.8. The number of amides is 2. The number of carbonyl (C=O) groups is 2. The number of piperazine rings is 1. The predicted molar refractivity (Wildman–Crippen MR) is 155 cm³/mol. The standard InChI is InChI=1S/C33H28ClN3O2/c34-29-17-9-10-18-30(29)37-32(38)27-16-8-7-15-26(27)28(33(37)39)23-35-19-21-36(22-20-35)31(24-11-3-1-4-12-24)25-13-5-2-6-14-25/h1-18,23,31H,19-22H2/p+1. The normalized spacial score (nSPS) is 17.1. The summed E-state index contributed by atoms with van der Waals surface area (Å²) in [6.07, 6.45) is 1.94. The summed E-state index contributed by atoms with van der Waals surface area (Å²) in [5.74, 6) is -0.711. The van der Waals surface area contributed by atoms with Gasteiger partial charge in [-0.1, -0.05) is 103 Å². The van der Waals surface area contributed by atoms with Crippen molar-refractivity contribution in [3.05, 3.63) is 143 Å². The molecule has 6 heteroatoms. The minimum Gasteiger partial charge on any atom is -0.365 e. The number of hydrogen-bond acceptors (Lipinski definition) is 3. The second-order valence-corrected chi connectivity index (χ2v) is 10.3. The lowest BCUT2D eigenvalue weighted by Crippen LogP contribution is -3.15. The Morgan fingerprint density at radius 3 is 1.82 bits per heavy atom. The molecule has 1 fully saturated rings. The zero-order valence-corrected chi connectivity index (χ0v) is 22.2. The monoisotopic (exact) mass is 534 g/mol. The van der Waals surface area contributed by atoms with Crippen molar-refractivity contribution in [1.29, 1.82) is 0 Å². The lowest BCUT2D eigenvalue weighted by molar-refractivity contribution is -0.929. The van der Waals surface area contributed by atoms with Crippen LogP contribution in [0, 0.1) is 0 Å². The molecule has 1 saturated heterocycles. The van der Waals surface area contributed by atoms with Gasteiger partial charge in [-0.05, 0) is 18.2 Å². The first-order valence-electron chi connectivity index (χ1n) is 13.2. The topological polar surface area (TPSA) is 45.1 Å². The van der Waals surface area contributed by atoms with Gasteiger partial charge < -0.3 is 9.80 Å². The molecule has 4 aromatic carbocycles. The van der Waals surface area contributed by atoms with E-state index in [2.05, 4.69) is 65.6 Å². The molecule has 4 aromatic rings. The average Bonchev–Trinajstić information content (AvgIpc) is 2.98. The first-order valence-corrected chi connectivity index (χ1v) is 13.6. The van der Waals surface area contributed by atoms with Gasteiger partial charge in [0.15, 0.2) is 0 Å². The number of rotatable bonds is 5. The number of nitrogens with zero attached hydrogens (tertiary/aromatic N) is 2. The van der Waals surface area contributed by atoms with Crippen LogP contribution in [0.1, 0.15) is 33.1 Å². The smallest absolute Gasteiger partial charge is 0.267 e. The summed E-state index contributed by atoms with van der Waals surface area (Å²) in [6, 6.07) is 35.9. The van der Waals surface area contributed by atoms with E-state index in [1.165, 1.54) is 20.9 Å². The van der Waals surface area contributed by atoms with Crippen LogP contribution in [0.4, 0.5) is 5.69 Å². The summed E-state index contributed by atoms with van der Waals surface area (Å²) in [4.78, 5) is 32.1. The number of carbonyl (C=O) groups excluding carboxylic acids is 2. The Kier molecular flexibility index (Phi) is 7.01. The fourth-order valence-corrected chi connectivity index (χ4v) is 5.92. The molecule has 0 saturated carbocycles. The molecule has 2 aliphatic rings. The molecular weight excluding hydrogens is 506 g/mol. The molecule has 0 unspecified atom stereocenters. The highest BCUT2D eigenvalue weighted by atomic mass is 35.5. The van der Waals surface area contributed by atoms with Crippen molar-refractivity contribution >= 4 is 34.7 Å². The zero-order chi connectivity index (χ0) is 26.8. The Bertz CT molecular complexity index is 1490. The third-order valence-corrected chi connectivity index (χ3v) is 7.92. The van der Waals surface area contributed by atoms with Gasteiger partial charge in [0.2, 0.25) is 0 Å². The zero-order valence-electron chi connectivity index (χ0n) is 21.5. The fourth-order valence-electron chi connectivity index (χ4n) is 5.70. The maximum absolute atomic E-state index is 13.8. The van der Waals surface area contributed by atoms with Gasteiger partial charge in [0.05, 0.1) is 42.5 Å².